The van der Waals surface area contributed by atoms with Crippen LogP contribution in [-0.2, 0) is 9.59 Å². The van der Waals surface area contributed by atoms with Crippen molar-refractivity contribution in [3.05, 3.63) is 18.2 Å². The Morgan fingerprint density at radius 2 is 2.40 bits per heavy atom. The smallest absolute Gasteiger partial charge is 0.226 e. The lowest BCUT2D eigenvalue weighted by Crippen LogP contribution is -2.36. The van der Waals surface area contributed by atoms with Crippen LogP contribution in [0.1, 0.15) is 44.5 Å². The summed E-state index contributed by atoms with van der Waals surface area (Å²) in [5, 5.41) is 3.00. The zero-order valence-corrected chi connectivity index (χ0v) is 11.6. The Kier molecular flexibility index (Phi) is 3.46. The van der Waals surface area contributed by atoms with Gasteiger partial charge in [-0.1, -0.05) is 6.92 Å². The zero-order valence-electron chi connectivity index (χ0n) is 11.6. The van der Waals surface area contributed by atoms with Gasteiger partial charge in [-0.25, -0.2) is 4.98 Å². The highest BCUT2D eigenvalue weighted by atomic mass is 16.2. The number of likely N-dealkylation sites (tertiary alicyclic amines) is 1. The molecule has 2 atom stereocenters. The van der Waals surface area contributed by atoms with Crippen molar-refractivity contribution in [1.82, 2.24) is 20.2 Å². The molecular weight excluding hydrogens is 256 g/mol. The number of amides is 2. The van der Waals surface area contributed by atoms with E-state index in [4.69, 9.17) is 0 Å². The molecule has 20 heavy (non-hydrogen) atoms. The molecule has 1 aromatic rings. The molecule has 6 heteroatoms. The van der Waals surface area contributed by atoms with E-state index in [1.54, 1.807) is 12.4 Å². The fourth-order valence-corrected chi connectivity index (χ4v) is 2.77. The number of aromatic amines is 1. The second-order valence-corrected chi connectivity index (χ2v) is 5.62. The van der Waals surface area contributed by atoms with Gasteiger partial charge >= 0.3 is 0 Å². The summed E-state index contributed by atoms with van der Waals surface area (Å²) in [6.07, 6.45) is 6.72. The van der Waals surface area contributed by atoms with Gasteiger partial charge in [-0.05, 0) is 19.3 Å². The predicted octanol–water partition coefficient (Wildman–Crippen LogP) is 0.988. The third kappa shape index (κ3) is 2.55. The predicted molar refractivity (Wildman–Crippen MR) is 72.6 cm³/mol. The van der Waals surface area contributed by atoms with Gasteiger partial charge in [-0.2, -0.15) is 0 Å². The van der Waals surface area contributed by atoms with Gasteiger partial charge in [0.1, 0.15) is 5.82 Å². The molecule has 108 valence electrons. The quantitative estimate of drug-likeness (QED) is 0.841. The molecule has 2 unspecified atom stereocenters. The Morgan fingerprint density at radius 1 is 1.60 bits per heavy atom. The Bertz CT molecular complexity index is 495. The van der Waals surface area contributed by atoms with Crippen LogP contribution in [0.2, 0.25) is 0 Å². The van der Waals surface area contributed by atoms with Crippen molar-refractivity contribution < 1.29 is 9.59 Å². The molecule has 1 aliphatic heterocycles. The van der Waals surface area contributed by atoms with Crippen molar-refractivity contribution in [2.45, 2.75) is 44.7 Å². The van der Waals surface area contributed by atoms with E-state index < -0.39 is 0 Å². The first-order valence-electron chi connectivity index (χ1n) is 7.28. The van der Waals surface area contributed by atoms with Gasteiger partial charge < -0.3 is 15.2 Å². The maximum absolute atomic E-state index is 12.3. The van der Waals surface area contributed by atoms with Crippen LogP contribution in [0, 0.1) is 5.92 Å². The molecule has 1 aromatic heterocycles. The number of hydrogen-bond donors (Lipinski definition) is 2. The first-order chi connectivity index (χ1) is 9.69. The lowest BCUT2D eigenvalue weighted by atomic mass is 10.1. The molecule has 1 saturated carbocycles. The van der Waals surface area contributed by atoms with E-state index in [-0.39, 0.29) is 23.8 Å². The van der Waals surface area contributed by atoms with Gasteiger partial charge in [-0.3, -0.25) is 9.59 Å². The van der Waals surface area contributed by atoms with Crippen LogP contribution in [0.4, 0.5) is 0 Å². The molecule has 0 bridgehead atoms. The molecular formula is C14H20N4O2. The number of carbonyl (C=O) groups is 2. The molecule has 1 aliphatic carbocycles. The van der Waals surface area contributed by atoms with Crippen molar-refractivity contribution >= 4 is 11.8 Å². The number of nitrogens with zero attached hydrogens (tertiary/aromatic N) is 2. The number of hydrogen-bond acceptors (Lipinski definition) is 3. The molecule has 2 N–H and O–H groups in total. The molecule has 6 nitrogen and oxygen atoms in total. The topological polar surface area (TPSA) is 78.1 Å². The van der Waals surface area contributed by atoms with Crippen LogP contribution in [0.25, 0.3) is 0 Å². The van der Waals surface area contributed by atoms with Crippen molar-refractivity contribution in [1.29, 1.82) is 0 Å². The first kappa shape index (κ1) is 13.1. The van der Waals surface area contributed by atoms with E-state index in [0.29, 0.717) is 19.0 Å². The molecule has 0 radical (unpaired) electrons. The van der Waals surface area contributed by atoms with E-state index in [1.807, 2.05) is 11.8 Å². The number of carbonyl (C=O) groups excluding carboxylic acids is 2. The minimum absolute atomic E-state index is 0.0373. The molecule has 2 heterocycles. The van der Waals surface area contributed by atoms with Gasteiger partial charge in [0, 0.05) is 31.4 Å². The normalized spacial score (nSPS) is 23.9. The van der Waals surface area contributed by atoms with Crippen LogP contribution >= 0.6 is 0 Å². The maximum Gasteiger partial charge on any atom is 0.226 e. The van der Waals surface area contributed by atoms with Crippen LogP contribution < -0.4 is 5.32 Å². The highest BCUT2D eigenvalue weighted by Crippen LogP contribution is 2.32. The largest absolute Gasteiger partial charge is 0.347 e. The highest BCUT2D eigenvalue weighted by molar-refractivity contribution is 5.89. The summed E-state index contributed by atoms with van der Waals surface area (Å²) in [6, 6.07) is 0.287. The summed E-state index contributed by atoms with van der Waals surface area (Å²) in [5.41, 5.74) is 0. The molecule has 2 aliphatic rings. The molecule has 2 fully saturated rings. The van der Waals surface area contributed by atoms with Crippen LogP contribution in [0.15, 0.2) is 12.4 Å². The standard InChI is InChI=1S/C14H20N4O2/c1-2-11(13-15-5-6-16-13)17-14(20)9-7-12(19)18(8-9)10-3-4-10/h5-6,9-11H,2-4,7-8H2,1H3,(H,15,16)(H,17,20). The summed E-state index contributed by atoms with van der Waals surface area (Å²) in [5.74, 6) is 0.639. The minimum Gasteiger partial charge on any atom is -0.347 e. The fourth-order valence-electron chi connectivity index (χ4n) is 2.77. The monoisotopic (exact) mass is 276 g/mol. The molecule has 3 rings (SSSR count). The maximum atomic E-state index is 12.3. The van der Waals surface area contributed by atoms with Crippen molar-refractivity contribution in [2.75, 3.05) is 6.54 Å². The van der Waals surface area contributed by atoms with Crippen molar-refractivity contribution in [3.8, 4) is 0 Å². The Balaban J connectivity index is 1.60. The van der Waals surface area contributed by atoms with E-state index in [2.05, 4.69) is 15.3 Å². The Labute approximate surface area is 117 Å². The average Bonchev–Trinajstić information content (AvgIpc) is 2.99. The summed E-state index contributed by atoms with van der Waals surface area (Å²) >= 11 is 0. The average molecular weight is 276 g/mol. The highest BCUT2D eigenvalue weighted by Gasteiger charge is 2.42. The number of nitrogens with one attached hydrogen (secondary N) is 2. The number of rotatable bonds is 5. The van der Waals surface area contributed by atoms with Crippen LogP contribution in [0.5, 0.6) is 0 Å². The van der Waals surface area contributed by atoms with Crippen LogP contribution in [-0.4, -0.2) is 39.3 Å². The summed E-state index contributed by atoms with van der Waals surface area (Å²) in [4.78, 5) is 33.3. The second kappa shape index (κ2) is 5.26. The van der Waals surface area contributed by atoms with Gasteiger partial charge in [0.25, 0.3) is 0 Å². The lowest BCUT2D eigenvalue weighted by Gasteiger charge is -2.18. The summed E-state index contributed by atoms with van der Waals surface area (Å²) < 4.78 is 0. The zero-order chi connectivity index (χ0) is 14.1. The van der Waals surface area contributed by atoms with Crippen molar-refractivity contribution in [2.24, 2.45) is 5.92 Å². The van der Waals surface area contributed by atoms with Crippen LogP contribution in [0.3, 0.4) is 0 Å². The summed E-state index contributed by atoms with van der Waals surface area (Å²) in [7, 11) is 0. The number of imidazole rings is 1. The Morgan fingerprint density at radius 3 is 3.00 bits per heavy atom. The van der Waals surface area contributed by atoms with Crippen molar-refractivity contribution in [3.63, 3.8) is 0 Å². The molecule has 2 amide bonds. The lowest BCUT2D eigenvalue weighted by molar-refractivity contribution is -0.129. The SMILES string of the molecule is CCC(NC(=O)C1CC(=O)N(C2CC2)C1)c1ncc[nH]1. The fraction of sp³-hybridized carbons (Fsp3) is 0.643. The van der Waals surface area contributed by atoms with Gasteiger partial charge in [0.2, 0.25) is 11.8 Å². The Hall–Kier alpha value is -1.85. The third-order valence-electron chi connectivity index (χ3n) is 4.09. The second-order valence-electron chi connectivity index (χ2n) is 5.62. The van der Waals surface area contributed by atoms with E-state index in [0.717, 1.165) is 25.1 Å². The van der Waals surface area contributed by atoms with E-state index in [1.165, 1.54) is 0 Å². The molecule has 0 aromatic carbocycles. The van der Waals surface area contributed by atoms with Gasteiger partial charge in [0.05, 0.1) is 12.0 Å². The number of aromatic nitrogens is 2. The van der Waals surface area contributed by atoms with Gasteiger partial charge in [-0.15, -0.1) is 0 Å². The third-order valence-corrected chi connectivity index (χ3v) is 4.09. The van der Waals surface area contributed by atoms with E-state index >= 15 is 0 Å². The molecule has 1 saturated heterocycles. The minimum atomic E-state index is -0.216. The first-order valence-corrected chi connectivity index (χ1v) is 7.28. The summed E-state index contributed by atoms with van der Waals surface area (Å²) in [6.45, 7) is 2.58. The molecule has 0 spiro atoms. The van der Waals surface area contributed by atoms with E-state index in [9.17, 15) is 9.59 Å². The van der Waals surface area contributed by atoms with Gasteiger partial charge in [0.15, 0.2) is 0 Å². The number of H-pyrrole nitrogens is 1.